The van der Waals surface area contributed by atoms with Crippen molar-refractivity contribution in [1.82, 2.24) is 15.1 Å². The Labute approximate surface area is 143 Å². The number of carbonyl (C=O) groups excluding carboxylic acids is 1. The predicted octanol–water partition coefficient (Wildman–Crippen LogP) is 2.38. The summed E-state index contributed by atoms with van der Waals surface area (Å²) in [6, 6.07) is 6.55. The Balaban J connectivity index is 1.60. The largest absolute Gasteiger partial charge is 0.355 e. The van der Waals surface area contributed by atoms with Crippen LogP contribution in [0.1, 0.15) is 44.9 Å². The van der Waals surface area contributed by atoms with E-state index < -0.39 is 5.41 Å². The van der Waals surface area contributed by atoms with Gasteiger partial charge in [-0.05, 0) is 37.8 Å². The second-order valence-corrected chi connectivity index (χ2v) is 6.97. The fourth-order valence-corrected chi connectivity index (χ4v) is 3.96. The number of aromatic nitrogens is 2. The molecule has 6 nitrogen and oxygen atoms in total. The summed E-state index contributed by atoms with van der Waals surface area (Å²) in [5, 5.41) is 17.7. The summed E-state index contributed by atoms with van der Waals surface area (Å²) < 4.78 is 0. The summed E-state index contributed by atoms with van der Waals surface area (Å²) in [4.78, 5) is 17.0. The van der Waals surface area contributed by atoms with E-state index in [1.54, 1.807) is 6.20 Å². The number of nitriles is 1. The molecule has 1 aromatic rings. The van der Waals surface area contributed by atoms with Crippen LogP contribution in [0, 0.1) is 16.7 Å². The van der Waals surface area contributed by atoms with Gasteiger partial charge in [0.25, 0.3) is 0 Å². The zero-order chi connectivity index (χ0) is 17.0. The number of anilines is 1. The van der Waals surface area contributed by atoms with E-state index in [0.29, 0.717) is 6.04 Å². The summed E-state index contributed by atoms with van der Waals surface area (Å²) in [6.45, 7) is 1.44. The van der Waals surface area contributed by atoms with Crippen LogP contribution in [0.15, 0.2) is 18.3 Å². The molecule has 1 aliphatic heterocycles. The summed E-state index contributed by atoms with van der Waals surface area (Å²) in [6.07, 6.45) is 8.05. The van der Waals surface area contributed by atoms with Crippen molar-refractivity contribution in [2.45, 2.75) is 51.0 Å². The van der Waals surface area contributed by atoms with Gasteiger partial charge in [-0.15, -0.1) is 5.10 Å². The first-order valence-electron chi connectivity index (χ1n) is 8.87. The number of hydrogen-bond donors (Lipinski definition) is 0. The van der Waals surface area contributed by atoms with Gasteiger partial charge >= 0.3 is 0 Å². The monoisotopic (exact) mass is 327 g/mol. The number of hydrogen-bond acceptors (Lipinski definition) is 5. The average molecular weight is 327 g/mol. The highest BCUT2D eigenvalue weighted by atomic mass is 16.2. The van der Waals surface area contributed by atoms with Gasteiger partial charge in [0.15, 0.2) is 5.82 Å². The summed E-state index contributed by atoms with van der Waals surface area (Å²) >= 11 is 0. The van der Waals surface area contributed by atoms with Gasteiger partial charge in [0.05, 0.1) is 6.07 Å². The predicted molar refractivity (Wildman–Crippen MR) is 91.2 cm³/mol. The smallest absolute Gasteiger partial charge is 0.243 e. The molecule has 3 rings (SSSR count). The lowest BCUT2D eigenvalue weighted by Crippen LogP contribution is -2.51. The second-order valence-electron chi connectivity index (χ2n) is 6.97. The summed E-state index contributed by atoms with van der Waals surface area (Å²) in [5.74, 6) is 0.924. The Hall–Kier alpha value is -2.16. The zero-order valence-electron chi connectivity index (χ0n) is 14.3. The SMILES string of the molecule is CN(c1cccnn1)C1CCN(C(=O)C2(C#N)CCCCC2)CC1. The van der Waals surface area contributed by atoms with Crippen LogP contribution in [0.2, 0.25) is 0 Å². The van der Waals surface area contributed by atoms with Crippen molar-refractivity contribution < 1.29 is 4.79 Å². The fourth-order valence-electron chi connectivity index (χ4n) is 3.96. The van der Waals surface area contributed by atoms with E-state index in [-0.39, 0.29) is 5.91 Å². The highest BCUT2D eigenvalue weighted by Gasteiger charge is 2.43. The molecule has 0 bridgehead atoms. The minimum absolute atomic E-state index is 0.0605. The molecule has 1 aromatic heterocycles. The van der Waals surface area contributed by atoms with Crippen molar-refractivity contribution >= 4 is 11.7 Å². The van der Waals surface area contributed by atoms with Crippen molar-refractivity contribution in [2.24, 2.45) is 5.41 Å². The molecule has 0 aromatic carbocycles. The van der Waals surface area contributed by atoms with Crippen molar-refractivity contribution in [3.63, 3.8) is 0 Å². The standard InChI is InChI=1S/C18H25N5O/c1-22(16-6-5-11-20-21-16)15-7-12-23(13-8-15)17(24)18(14-19)9-3-2-4-10-18/h5-6,11,15H,2-4,7-10,12-13H2,1H3. The Kier molecular flexibility index (Phi) is 4.98. The molecule has 1 saturated carbocycles. The van der Waals surface area contributed by atoms with E-state index in [1.165, 1.54) is 0 Å². The van der Waals surface area contributed by atoms with Gasteiger partial charge in [-0.3, -0.25) is 4.79 Å². The van der Waals surface area contributed by atoms with E-state index in [1.807, 2.05) is 24.1 Å². The lowest BCUT2D eigenvalue weighted by molar-refractivity contribution is -0.141. The fraction of sp³-hybridized carbons (Fsp3) is 0.667. The Morgan fingerprint density at radius 2 is 2.04 bits per heavy atom. The number of amides is 1. The van der Waals surface area contributed by atoms with E-state index in [0.717, 1.165) is 63.9 Å². The Bertz CT molecular complexity index is 598. The molecule has 0 N–H and O–H groups in total. The molecule has 0 radical (unpaired) electrons. The highest BCUT2D eigenvalue weighted by Crippen LogP contribution is 2.38. The van der Waals surface area contributed by atoms with Crippen LogP contribution in [0.5, 0.6) is 0 Å². The summed E-state index contributed by atoms with van der Waals surface area (Å²) in [5.41, 5.74) is -0.762. The number of likely N-dealkylation sites (tertiary alicyclic amines) is 1. The molecule has 1 saturated heterocycles. The Morgan fingerprint density at radius 3 is 2.62 bits per heavy atom. The normalized spacial score (nSPS) is 21.1. The molecule has 0 spiro atoms. The van der Waals surface area contributed by atoms with Crippen molar-refractivity contribution in [2.75, 3.05) is 25.0 Å². The molecule has 2 fully saturated rings. The van der Waals surface area contributed by atoms with Crippen molar-refractivity contribution in [3.8, 4) is 6.07 Å². The van der Waals surface area contributed by atoms with Crippen LogP contribution in [0.4, 0.5) is 5.82 Å². The molecule has 24 heavy (non-hydrogen) atoms. The van der Waals surface area contributed by atoms with Gasteiger partial charge in [-0.1, -0.05) is 19.3 Å². The topological polar surface area (TPSA) is 73.1 Å². The molecule has 128 valence electrons. The molecular weight excluding hydrogens is 302 g/mol. The van der Waals surface area contributed by atoms with Gasteiger partial charge in [-0.2, -0.15) is 10.4 Å². The zero-order valence-corrected chi connectivity index (χ0v) is 14.3. The molecule has 1 aliphatic carbocycles. The maximum Gasteiger partial charge on any atom is 0.243 e. The average Bonchev–Trinajstić information content (AvgIpc) is 2.68. The molecular formula is C18H25N5O. The Morgan fingerprint density at radius 1 is 1.33 bits per heavy atom. The minimum Gasteiger partial charge on any atom is -0.355 e. The van der Waals surface area contributed by atoms with E-state index in [4.69, 9.17) is 0 Å². The lowest BCUT2D eigenvalue weighted by atomic mass is 9.74. The quantitative estimate of drug-likeness (QED) is 0.852. The van der Waals surface area contributed by atoms with Gasteiger partial charge in [0, 0.05) is 32.4 Å². The van der Waals surface area contributed by atoms with Gasteiger partial charge in [-0.25, -0.2) is 0 Å². The number of rotatable bonds is 3. The van der Waals surface area contributed by atoms with Gasteiger partial charge in [0.1, 0.15) is 5.41 Å². The second kappa shape index (κ2) is 7.16. The first-order valence-corrected chi connectivity index (χ1v) is 8.87. The van der Waals surface area contributed by atoms with Crippen LogP contribution in [-0.4, -0.2) is 47.2 Å². The van der Waals surface area contributed by atoms with Crippen LogP contribution in [-0.2, 0) is 4.79 Å². The molecule has 0 atom stereocenters. The van der Waals surface area contributed by atoms with E-state index in [9.17, 15) is 10.1 Å². The van der Waals surface area contributed by atoms with Crippen LogP contribution < -0.4 is 4.90 Å². The van der Waals surface area contributed by atoms with Crippen molar-refractivity contribution in [3.05, 3.63) is 18.3 Å². The van der Waals surface area contributed by atoms with E-state index >= 15 is 0 Å². The third-order valence-electron chi connectivity index (χ3n) is 5.55. The van der Waals surface area contributed by atoms with Gasteiger partial charge in [0.2, 0.25) is 5.91 Å². The molecule has 6 heteroatoms. The van der Waals surface area contributed by atoms with E-state index in [2.05, 4.69) is 21.2 Å². The van der Waals surface area contributed by atoms with Crippen molar-refractivity contribution in [1.29, 1.82) is 5.26 Å². The van der Waals surface area contributed by atoms with Crippen LogP contribution >= 0.6 is 0 Å². The maximum absolute atomic E-state index is 12.9. The highest BCUT2D eigenvalue weighted by molar-refractivity contribution is 5.85. The molecule has 0 unspecified atom stereocenters. The number of piperidine rings is 1. The van der Waals surface area contributed by atoms with Gasteiger partial charge < -0.3 is 9.80 Å². The van der Waals surface area contributed by atoms with Crippen LogP contribution in [0.25, 0.3) is 0 Å². The molecule has 2 heterocycles. The molecule has 2 aliphatic rings. The first kappa shape index (κ1) is 16.7. The summed E-state index contributed by atoms with van der Waals surface area (Å²) in [7, 11) is 2.03. The number of carbonyl (C=O) groups is 1. The molecule has 1 amide bonds. The lowest BCUT2D eigenvalue weighted by Gasteiger charge is -2.40. The first-order chi connectivity index (χ1) is 11.7. The number of nitrogens with zero attached hydrogens (tertiary/aromatic N) is 5. The third kappa shape index (κ3) is 3.21. The third-order valence-corrected chi connectivity index (χ3v) is 5.55. The minimum atomic E-state index is -0.762. The maximum atomic E-state index is 12.9. The van der Waals surface area contributed by atoms with Crippen LogP contribution in [0.3, 0.4) is 0 Å².